The summed E-state index contributed by atoms with van der Waals surface area (Å²) in [6.45, 7) is -2.03. The van der Waals surface area contributed by atoms with E-state index in [1.807, 2.05) is 12.2 Å². The fraction of sp³-hybridized carbons (Fsp3) is 0.667. The molecule has 0 aliphatic heterocycles. The largest absolute Gasteiger partial charge is 0.390 e. The first kappa shape index (κ1) is 11.1. The Kier molecular flexibility index (Phi) is 3.57. The fourth-order valence-electron chi connectivity index (χ4n) is 1.25. The van der Waals surface area contributed by atoms with Gasteiger partial charge >= 0.3 is 0 Å². The standard InChI is InChI=1S/C9H13F2NO2/c10-9(11,6-13)5-12-8(14)7-3-1-2-4-7/h1-2,7,13H,3-6H2,(H,12,14). The number of allylic oxidation sites excluding steroid dienone is 2. The maximum atomic E-state index is 12.5. The summed E-state index contributed by atoms with van der Waals surface area (Å²) in [5.41, 5.74) is 0. The fourth-order valence-corrected chi connectivity index (χ4v) is 1.25. The van der Waals surface area contributed by atoms with Gasteiger partial charge in [-0.15, -0.1) is 0 Å². The molecule has 1 amide bonds. The van der Waals surface area contributed by atoms with E-state index in [1.165, 1.54) is 0 Å². The molecule has 80 valence electrons. The maximum Gasteiger partial charge on any atom is 0.287 e. The summed E-state index contributed by atoms with van der Waals surface area (Å²) in [6.07, 6.45) is 4.93. The second-order valence-corrected chi connectivity index (χ2v) is 3.37. The molecule has 0 aromatic rings. The minimum atomic E-state index is -3.22. The number of alkyl halides is 2. The zero-order valence-electron chi connectivity index (χ0n) is 7.67. The summed E-state index contributed by atoms with van der Waals surface area (Å²) < 4.78 is 25.0. The average molecular weight is 205 g/mol. The molecule has 0 radical (unpaired) electrons. The van der Waals surface area contributed by atoms with Crippen molar-refractivity contribution in [1.82, 2.24) is 5.32 Å². The molecule has 2 N–H and O–H groups in total. The van der Waals surface area contributed by atoms with Gasteiger partial charge in [0.15, 0.2) is 0 Å². The number of amides is 1. The number of halogens is 2. The Hall–Kier alpha value is -0.970. The van der Waals surface area contributed by atoms with Gasteiger partial charge in [0.25, 0.3) is 5.92 Å². The van der Waals surface area contributed by atoms with E-state index in [2.05, 4.69) is 5.32 Å². The Balaban J connectivity index is 2.27. The van der Waals surface area contributed by atoms with Crippen molar-refractivity contribution >= 4 is 5.91 Å². The van der Waals surface area contributed by atoms with Gasteiger partial charge in [-0.05, 0) is 12.8 Å². The van der Waals surface area contributed by atoms with E-state index >= 15 is 0 Å². The van der Waals surface area contributed by atoms with Crippen molar-refractivity contribution in [1.29, 1.82) is 0 Å². The van der Waals surface area contributed by atoms with Crippen LogP contribution in [0.5, 0.6) is 0 Å². The van der Waals surface area contributed by atoms with Gasteiger partial charge in [-0.3, -0.25) is 4.79 Å². The monoisotopic (exact) mass is 205 g/mol. The number of nitrogens with one attached hydrogen (secondary N) is 1. The molecule has 0 aromatic heterocycles. The predicted molar refractivity (Wildman–Crippen MR) is 46.9 cm³/mol. The number of aliphatic hydroxyl groups is 1. The highest BCUT2D eigenvalue weighted by Crippen LogP contribution is 2.18. The number of aliphatic hydroxyl groups excluding tert-OH is 1. The molecule has 0 saturated carbocycles. The summed E-state index contributed by atoms with van der Waals surface area (Å²) >= 11 is 0. The molecular weight excluding hydrogens is 192 g/mol. The third-order valence-corrected chi connectivity index (χ3v) is 2.13. The molecular formula is C9H13F2NO2. The molecule has 0 unspecified atom stereocenters. The first-order chi connectivity index (χ1) is 6.55. The Bertz CT molecular complexity index is 233. The molecule has 0 aromatic carbocycles. The van der Waals surface area contributed by atoms with Crippen molar-refractivity contribution in [3.63, 3.8) is 0 Å². The number of rotatable bonds is 4. The van der Waals surface area contributed by atoms with Gasteiger partial charge in [0.1, 0.15) is 6.61 Å². The molecule has 1 aliphatic carbocycles. The van der Waals surface area contributed by atoms with E-state index in [9.17, 15) is 13.6 Å². The Labute approximate surface area is 80.8 Å². The van der Waals surface area contributed by atoms with Crippen molar-refractivity contribution in [3.8, 4) is 0 Å². The molecule has 14 heavy (non-hydrogen) atoms. The van der Waals surface area contributed by atoms with E-state index in [1.54, 1.807) is 0 Å². The van der Waals surface area contributed by atoms with Crippen molar-refractivity contribution in [2.75, 3.05) is 13.2 Å². The van der Waals surface area contributed by atoms with E-state index in [0.29, 0.717) is 12.8 Å². The van der Waals surface area contributed by atoms with Gasteiger partial charge in [-0.2, -0.15) is 0 Å². The van der Waals surface area contributed by atoms with Gasteiger partial charge in [-0.1, -0.05) is 12.2 Å². The minimum absolute atomic E-state index is 0.218. The van der Waals surface area contributed by atoms with Crippen LogP contribution >= 0.6 is 0 Å². The topological polar surface area (TPSA) is 49.3 Å². The molecule has 0 spiro atoms. The predicted octanol–water partition coefficient (Wildman–Crippen LogP) is 0.696. The van der Waals surface area contributed by atoms with Crippen LogP contribution in [0.15, 0.2) is 12.2 Å². The summed E-state index contributed by atoms with van der Waals surface area (Å²) in [5.74, 6) is -3.81. The van der Waals surface area contributed by atoms with Crippen LogP contribution in [0.2, 0.25) is 0 Å². The number of carbonyl (C=O) groups is 1. The van der Waals surface area contributed by atoms with Crippen LogP contribution in [0.25, 0.3) is 0 Å². The van der Waals surface area contributed by atoms with E-state index in [4.69, 9.17) is 5.11 Å². The van der Waals surface area contributed by atoms with Crippen LogP contribution in [-0.4, -0.2) is 30.1 Å². The highest BCUT2D eigenvalue weighted by molar-refractivity contribution is 5.79. The van der Waals surface area contributed by atoms with E-state index in [0.717, 1.165) is 0 Å². The zero-order valence-corrected chi connectivity index (χ0v) is 7.67. The first-order valence-corrected chi connectivity index (χ1v) is 4.46. The van der Waals surface area contributed by atoms with Crippen molar-refractivity contribution < 1.29 is 18.7 Å². The average Bonchev–Trinajstić information content (AvgIpc) is 2.67. The van der Waals surface area contributed by atoms with Crippen LogP contribution in [-0.2, 0) is 4.79 Å². The number of hydrogen-bond acceptors (Lipinski definition) is 2. The smallest absolute Gasteiger partial charge is 0.287 e. The molecule has 0 atom stereocenters. The van der Waals surface area contributed by atoms with Gasteiger partial charge in [-0.25, -0.2) is 8.78 Å². The van der Waals surface area contributed by atoms with Crippen molar-refractivity contribution in [2.45, 2.75) is 18.8 Å². The molecule has 1 aliphatic rings. The molecule has 0 heterocycles. The molecule has 0 bridgehead atoms. The van der Waals surface area contributed by atoms with Crippen LogP contribution < -0.4 is 5.32 Å². The lowest BCUT2D eigenvalue weighted by atomic mass is 10.1. The maximum absolute atomic E-state index is 12.5. The highest BCUT2D eigenvalue weighted by Gasteiger charge is 2.29. The van der Waals surface area contributed by atoms with E-state index in [-0.39, 0.29) is 11.8 Å². The van der Waals surface area contributed by atoms with Crippen LogP contribution in [0, 0.1) is 5.92 Å². The number of hydrogen-bond donors (Lipinski definition) is 2. The quantitative estimate of drug-likeness (QED) is 0.663. The van der Waals surface area contributed by atoms with Crippen molar-refractivity contribution in [3.05, 3.63) is 12.2 Å². The Morgan fingerprint density at radius 2 is 2.07 bits per heavy atom. The summed E-state index contributed by atoms with van der Waals surface area (Å²) in [5, 5.41) is 10.4. The Morgan fingerprint density at radius 3 is 2.57 bits per heavy atom. The molecule has 0 saturated heterocycles. The van der Waals surface area contributed by atoms with E-state index < -0.39 is 19.1 Å². The molecule has 0 fully saturated rings. The van der Waals surface area contributed by atoms with Crippen LogP contribution in [0.4, 0.5) is 8.78 Å². The normalized spacial score (nSPS) is 17.4. The molecule has 3 nitrogen and oxygen atoms in total. The lowest BCUT2D eigenvalue weighted by Gasteiger charge is -2.16. The highest BCUT2D eigenvalue weighted by atomic mass is 19.3. The van der Waals surface area contributed by atoms with Gasteiger partial charge in [0.05, 0.1) is 6.54 Å². The lowest BCUT2D eigenvalue weighted by molar-refractivity contribution is -0.127. The van der Waals surface area contributed by atoms with Gasteiger partial charge in [0.2, 0.25) is 5.91 Å². The van der Waals surface area contributed by atoms with Gasteiger partial charge < -0.3 is 10.4 Å². The third-order valence-electron chi connectivity index (χ3n) is 2.13. The van der Waals surface area contributed by atoms with Crippen LogP contribution in [0.1, 0.15) is 12.8 Å². The zero-order chi connectivity index (χ0) is 10.6. The second-order valence-electron chi connectivity index (χ2n) is 3.37. The lowest BCUT2D eigenvalue weighted by Crippen LogP contribution is -2.41. The Morgan fingerprint density at radius 1 is 1.50 bits per heavy atom. The second kappa shape index (κ2) is 4.50. The van der Waals surface area contributed by atoms with Gasteiger partial charge in [0, 0.05) is 5.92 Å². The first-order valence-electron chi connectivity index (χ1n) is 4.46. The summed E-state index contributed by atoms with van der Waals surface area (Å²) in [6, 6.07) is 0. The molecule has 1 rings (SSSR count). The minimum Gasteiger partial charge on any atom is -0.390 e. The van der Waals surface area contributed by atoms with Crippen molar-refractivity contribution in [2.24, 2.45) is 5.92 Å². The number of carbonyl (C=O) groups excluding carboxylic acids is 1. The van der Waals surface area contributed by atoms with Crippen LogP contribution in [0.3, 0.4) is 0 Å². The molecule has 5 heteroatoms. The summed E-state index contributed by atoms with van der Waals surface area (Å²) in [7, 11) is 0. The summed E-state index contributed by atoms with van der Waals surface area (Å²) in [4.78, 5) is 11.2. The third kappa shape index (κ3) is 3.06. The SMILES string of the molecule is O=C(NCC(F)(F)CO)C1CC=CC1.